The van der Waals surface area contributed by atoms with Crippen LogP contribution in [-0.2, 0) is 0 Å². The molecule has 2 heterocycles. The fraction of sp³-hybridized carbons (Fsp3) is 0. The minimum absolute atomic E-state index is 0. The molecule has 0 bridgehead atoms. The summed E-state index contributed by atoms with van der Waals surface area (Å²) < 4.78 is 0. The molecule has 5 heteroatoms. The predicted octanol–water partition coefficient (Wildman–Crippen LogP) is 1.54. The summed E-state index contributed by atoms with van der Waals surface area (Å²) in [5.74, 6) is 0.286. The zero-order valence-corrected chi connectivity index (χ0v) is 8.11. The van der Waals surface area contributed by atoms with Gasteiger partial charge in [-0.3, -0.25) is 4.98 Å². The number of nitrogens with two attached hydrogens (primary N) is 1. The van der Waals surface area contributed by atoms with E-state index in [0.29, 0.717) is 0 Å². The fourth-order valence-electron chi connectivity index (χ4n) is 1.06. The summed E-state index contributed by atoms with van der Waals surface area (Å²) in [7, 11) is 0. The summed E-state index contributed by atoms with van der Waals surface area (Å²) in [4.78, 5) is 11.8. The normalized spacial score (nSPS) is 9.14. The van der Waals surface area contributed by atoms with Gasteiger partial charge in [0, 0.05) is 24.2 Å². The number of anilines is 1. The van der Waals surface area contributed by atoms with Crippen molar-refractivity contribution in [3.63, 3.8) is 0 Å². The van der Waals surface area contributed by atoms with Gasteiger partial charge in [0.05, 0.1) is 5.69 Å². The van der Waals surface area contributed by atoms with Crippen molar-refractivity contribution in [3.8, 4) is 11.3 Å². The van der Waals surface area contributed by atoms with E-state index in [1.54, 1.807) is 18.6 Å². The van der Waals surface area contributed by atoms with E-state index in [9.17, 15) is 0 Å². The van der Waals surface area contributed by atoms with Crippen molar-refractivity contribution in [1.29, 1.82) is 0 Å². The monoisotopic (exact) mass is 208 g/mol. The Balaban J connectivity index is 0.000000980. The molecule has 0 aliphatic carbocycles. The van der Waals surface area contributed by atoms with Gasteiger partial charge in [-0.2, -0.15) is 0 Å². The molecule has 0 atom stereocenters. The Morgan fingerprint density at radius 3 is 2.36 bits per heavy atom. The number of halogens is 1. The molecule has 0 spiro atoms. The number of rotatable bonds is 1. The molecule has 14 heavy (non-hydrogen) atoms. The Morgan fingerprint density at radius 1 is 1.00 bits per heavy atom. The Bertz CT molecular complexity index is 405. The van der Waals surface area contributed by atoms with Crippen LogP contribution in [0.3, 0.4) is 0 Å². The van der Waals surface area contributed by atoms with Gasteiger partial charge in [-0.25, -0.2) is 9.97 Å². The van der Waals surface area contributed by atoms with E-state index in [1.807, 2.05) is 18.2 Å². The van der Waals surface area contributed by atoms with Crippen LogP contribution in [0.15, 0.2) is 36.8 Å². The molecule has 0 unspecified atom stereocenters. The van der Waals surface area contributed by atoms with Gasteiger partial charge in [0.15, 0.2) is 0 Å². The number of pyridine rings is 1. The third-order valence-corrected chi connectivity index (χ3v) is 1.65. The number of hydrogen-bond donors (Lipinski definition) is 1. The molecule has 0 aromatic carbocycles. The van der Waals surface area contributed by atoms with Gasteiger partial charge < -0.3 is 5.73 Å². The summed E-state index contributed by atoms with van der Waals surface area (Å²) >= 11 is 0. The van der Waals surface area contributed by atoms with Crippen molar-refractivity contribution in [1.82, 2.24) is 15.0 Å². The summed E-state index contributed by atoms with van der Waals surface area (Å²) in [6.45, 7) is 0. The molecule has 2 rings (SSSR count). The van der Waals surface area contributed by atoms with E-state index in [0.717, 1.165) is 11.3 Å². The molecule has 2 aromatic heterocycles. The minimum Gasteiger partial charge on any atom is -0.368 e. The lowest BCUT2D eigenvalue weighted by Crippen LogP contribution is -1.94. The maximum atomic E-state index is 5.46. The topological polar surface area (TPSA) is 64.7 Å². The zero-order chi connectivity index (χ0) is 9.10. The molecule has 2 aromatic rings. The standard InChI is InChI=1S/C9H8N4.ClH/c10-9-12-6-3-8(13-9)7-1-4-11-5-2-7;/h1-6H,(H2,10,12,13);1H. The van der Waals surface area contributed by atoms with Gasteiger partial charge in [0.2, 0.25) is 5.95 Å². The molecule has 0 saturated heterocycles. The van der Waals surface area contributed by atoms with Gasteiger partial charge in [0.25, 0.3) is 0 Å². The molecule has 4 nitrogen and oxygen atoms in total. The molecule has 0 aliphatic heterocycles. The lowest BCUT2D eigenvalue weighted by molar-refractivity contribution is 1.19. The highest BCUT2D eigenvalue weighted by molar-refractivity contribution is 5.85. The van der Waals surface area contributed by atoms with Crippen LogP contribution in [0.4, 0.5) is 5.95 Å². The second-order valence-corrected chi connectivity index (χ2v) is 2.54. The first-order valence-corrected chi connectivity index (χ1v) is 3.85. The van der Waals surface area contributed by atoms with E-state index in [4.69, 9.17) is 5.73 Å². The van der Waals surface area contributed by atoms with Gasteiger partial charge in [-0.1, -0.05) is 0 Å². The third kappa shape index (κ3) is 2.17. The molecule has 0 saturated carbocycles. The summed E-state index contributed by atoms with van der Waals surface area (Å²) in [6, 6.07) is 5.56. The Hall–Kier alpha value is -1.68. The average molecular weight is 209 g/mol. The number of nitrogens with zero attached hydrogens (tertiary/aromatic N) is 3. The minimum atomic E-state index is 0. The van der Waals surface area contributed by atoms with Crippen LogP contribution in [0.2, 0.25) is 0 Å². The molecule has 0 radical (unpaired) electrons. The highest BCUT2D eigenvalue weighted by Crippen LogP contribution is 2.14. The maximum Gasteiger partial charge on any atom is 0.220 e. The van der Waals surface area contributed by atoms with Gasteiger partial charge in [-0.05, 0) is 18.2 Å². The summed E-state index contributed by atoms with van der Waals surface area (Å²) in [6.07, 6.45) is 5.07. The quantitative estimate of drug-likeness (QED) is 0.772. The first-order chi connectivity index (χ1) is 6.36. The summed E-state index contributed by atoms with van der Waals surface area (Å²) in [5.41, 5.74) is 7.26. The number of aromatic nitrogens is 3. The molecule has 72 valence electrons. The number of hydrogen-bond acceptors (Lipinski definition) is 4. The predicted molar refractivity (Wildman–Crippen MR) is 56.9 cm³/mol. The number of nitrogen functional groups attached to an aromatic ring is 1. The molecular formula is C9H9ClN4. The van der Waals surface area contributed by atoms with Crippen LogP contribution in [0.1, 0.15) is 0 Å². The SMILES string of the molecule is Cl.Nc1nccc(-c2ccncc2)n1. The lowest BCUT2D eigenvalue weighted by Gasteiger charge is -1.99. The molecule has 0 amide bonds. The zero-order valence-electron chi connectivity index (χ0n) is 7.29. The van der Waals surface area contributed by atoms with Gasteiger partial charge in [0.1, 0.15) is 0 Å². The van der Waals surface area contributed by atoms with Crippen LogP contribution in [0.5, 0.6) is 0 Å². The molecule has 0 aliphatic rings. The molecular weight excluding hydrogens is 200 g/mol. The second kappa shape index (κ2) is 4.53. The van der Waals surface area contributed by atoms with Crippen LogP contribution in [0, 0.1) is 0 Å². The van der Waals surface area contributed by atoms with Gasteiger partial charge >= 0.3 is 0 Å². The van der Waals surface area contributed by atoms with E-state index < -0.39 is 0 Å². The highest BCUT2D eigenvalue weighted by atomic mass is 35.5. The molecule has 0 fully saturated rings. The van der Waals surface area contributed by atoms with Crippen molar-refractivity contribution in [2.45, 2.75) is 0 Å². The van der Waals surface area contributed by atoms with Crippen molar-refractivity contribution in [2.75, 3.05) is 5.73 Å². The highest BCUT2D eigenvalue weighted by Gasteiger charge is 1.97. The summed E-state index contributed by atoms with van der Waals surface area (Å²) in [5, 5.41) is 0. The van der Waals surface area contributed by atoms with E-state index in [-0.39, 0.29) is 18.4 Å². The lowest BCUT2D eigenvalue weighted by atomic mass is 10.2. The van der Waals surface area contributed by atoms with Crippen molar-refractivity contribution >= 4 is 18.4 Å². The van der Waals surface area contributed by atoms with Crippen LogP contribution in [0.25, 0.3) is 11.3 Å². The largest absolute Gasteiger partial charge is 0.368 e. The second-order valence-electron chi connectivity index (χ2n) is 2.54. The van der Waals surface area contributed by atoms with E-state index in [1.165, 1.54) is 0 Å². The first kappa shape index (κ1) is 10.4. The smallest absolute Gasteiger partial charge is 0.220 e. The Labute approximate surface area is 87.6 Å². The molecule has 2 N–H and O–H groups in total. The maximum absolute atomic E-state index is 5.46. The van der Waals surface area contributed by atoms with E-state index >= 15 is 0 Å². The Kier molecular flexibility index (Phi) is 3.36. The van der Waals surface area contributed by atoms with Gasteiger partial charge in [-0.15, -0.1) is 12.4 Å². The van der Waals surface area contributed by atoms with Crippen LogP contribution in [-0.4, -0.2) is 15.0 Å². The van der Waals surface area contributed by atoms with Crippen LogP contribution >= 0.6 is 12.4 Å². The van der Waals surface area contributed by atoms with Crippen molar-refractivity contribution in [3.05, 3.63) is 36.8 Å². The fourth-order valence-corrected chi connectivity index (χ4v) is 1.06. The first-order valence-electron chi connectivity index (χ1n) is 3.85. The van der Waals surface area contributed by atoms with Crippen LogP contribution < -0.4 is 5.73 Å². The Morgan fingerprint density at radius 2 is 1.71 bits per heavy atom. The van der Waals surface area contributed by atoms with Crippen molar-refractivity contribution < 1.29 is 0 Å². The third-order valence-electron chi connectivity index (χ3n) is 1.65. The van der Waals surface area contributed by atoms with E-state index in [2.05, 4.69) is 15.0 Å². The van der Waals surface area contributed by atoms with Crippen molar-refractivity contribution in [2.24, 2.45) is 0 Å². The average Bonchev–Trinajstić information content (AvgIpc) is 2.19.